The lowest BCUT2D eigenvalue weighted by atomic mass is 9.55. The Labute approximate surface area is 779 Å². The number of carbonyl (C=O) groups excluding carboxylic acids is 13. The molecule has 9 atom stereocenters. The van der Waals surface area contributed by atoms with Gasteiger partial charge in [0.2, 0.25) is 47.3 Å². The quantitative estimate of drug-likeness (QED) is 0.0127. The summed E-state index contributed by atoms with van der Waals surface area (Å²) in [6.07, 6.45) is 16.2. The van der Waals surface area contributed by atoms with Gasteiger partial charge in [0.15, 0.2) is 0 Å². The Kier molecular flexibility index (Phi) is 33.6. The molecule has 16 aliphatic carbocycles. The summed E-state index contributed by atoms with van der Waals surface area (Å²) in [5.74, 6) is -1.54. The number of aliphatic hydroxyl groups is 1. The van der Waals surface area contributed by atoms with Gasteiger partial charge in [-0.1, -0.05) is 56.3 Å². The van der Waals surface area contributed by atoms with Gasteiger partial charge in [-0.25, -0.2) is 24.0 Å². The van der Waals surface area contributed by atoms with Crippen LogP contribution in [0, 0.1) is 101 Å². The molecule has 732 valence electrons. The third-order valence-electron chi connectivity index (χ3n) is 31.0. The molecule has 0 spiro atoms. The van der Waals surface area contributed by atoms with Gasteiger partial charge in [-0.15, -0.1) is 0 Å². The van der Waals surface area contributed by atoms with Gasteiger partial charge in [-0.2, -0.15) is 0 Å². The second-order valence-electron chi connectivity index (χ2n) is 42.8. The molecule has 0 aliphatic heterocycles. The minimum Gasteiger partial charge on any atom is -0.480 e. The van der Waals surface area contributed by atoms with Gasteiger partial charge in [-0.05, 0) is 345 Å². The minimum atomic E-state index is -1.68. The number of amides is 12. The first-order valence-electron chi connectivity index (χ1n) is 49.8. The number of aliphatic hydroxyl groups excluding tert-OH is 1. The van der Waals surface area contributed by atoms with Crippen LogP contribution in [0.25, 0.3) is 0 Å². The molecule has 0 saturated heterocycles. The lowest BCUT2D eigenvalue weighted by Crippen LogP contribution is -2.62. The van der Waals surface area contributed by atoms with Crippen molar-refractivity contribution in [1.29, 1.82) is 0 Å². The fourth-order valence-corrected chi connectivity index (χ4v) is 25.6. The molecule has 2 aromatic rings. The number of unbranched alkanes of at least 4 members (excludes halogenated alkanes) is 3. The average Bonchev–Trinajstić information content (AvgIpc) is 0.774. The van der Waals surface area contributed by atoms with Crippen LogP contribution in [0.5, 0.6) is 5.75 Å². The summed E-state index contributed by atoms with van der Waals surface area (Å²) in [7, 11) is 0. The van der Waals surface area contributed by atoms with Crippen molar-refractivity contribution in [3.63, 3.8) is 0 Å². The molecule has 0 heterocycles. The van der Waals surface area contributed by atoms with Crippen LogP contribution in [0.1, 0.15) is 246 Å². The maximum atomic E-state index is 15.8. The number of alkyl carbamates (subject to hydrolysis) is 4. The van der Waals surface area contributed by atoms with Crippen LogP contribution >= 0.6 is 0 Å². The van der Waals surface area contributed by atoms with Crippen LogP contribution in [0.3, 0.4) is 0 Å². The SMILES string of the molecule is CC(C)[C@H](NC(=O)[C@@H](NC(=O)[C@H](C)NC(=O)OC(C)(C)C)[C@@H](C)O)C(=O)N[C@@H](CCCCNC(=O)OC1C2CC3CC(C2)CC1C3)C(=O)N[C@@H](Cc1ccccc1)C(=O)N[C@@H](CCCCNC(=O)OC1C2CC3CC(C2)CC1C3)C(=O)N[C@@H](Cc1ccc(OC(=O)OC2C3CC4CC(C3)CC2C4)cc1)C(=O)N[C@@H](CCCCNC(=O)OC1C2CC3CC(C2)CC1C3)C(=O)NCC(=O)O. The zero-order valence-electron chi connectivity index (χ0n) is 78.3. The van der Waals surface area contributed by atoms with Crippen molar-refractivity contribution in [2.45, 2.75) is 332 Å². The van der Waals surface area contributed by atoms with Crippen molar-refractivity contribution < 1.29 is 106 Å². The maximum Gasteiger partial charge on any atom is 0.514 e. The standard InChI is InChI=1S/C99H144N12O22/c1-52(2)80(110-93(122)81(54(4)112)111-86(115)53(3)104-97(126)133-99(5,6)7)92(121)107-76(21-13-16-28-102-96(125)131-84-69-41-61-31-62(43-69)44-70(84)42-61)89(118)108-77(49-55-17-9-8-10-18-55)91(120)106-75(20-12-15-27-101-95(124)130-83-67-37-59-30-60(39-67)40-68(83)38-59)88(117)109-78(50-56-22-24-73(25-23-56)128-98(127)132-85-71-45-63-32-64(47-71)48-72(85)46-63)90(119)105-74(87(116)103-51-79(113)114)19-11-14-26-100-94(123)129-82-65-33-57-29-58(35-65)36-66(82)34-57/h8-10,17-18,22-25,52-54,57-72,74-78,80-85,112H,11-16,19-21,26-51H2,1-7H3,(H,100,123)(H,101,124)(H,102,125)(H,103,116)(H,104,126)(H,105,119)(H,106,120)(H,107,121)(H,108,118)(H,109,117)(H,110,122)(H,111,115)(H,113,114)/t53-,54+,57?,58?,59?,60?,61?,62?,63?,64?,65?,66?,67?,68?,69?,70?,71?,72?,74-,75-,76-,77-,78-,80-,81-,82?,83?,84?,85?/m0/s1. The Balaban J connectivity index is 0.701. The fraction of sp³-hybridized carbons (Fsp3) is 0.737. The van der Waals surface area contributed by atoms with E-state index in [2.05, 4.69) is 63.8 Å². The molecule has 16 aliphatic rings. The van der Waals surface area contributed by atoms with Gasteiger partial charge < -0.3 is 102 Å². The second-order valence-corrected chi connectivity index (χ2v) is 42.8. The van der Waals surface area contributed by atoms with E-state index in [9.17, 15) is 58.2 Å². The summed E-state index contributed by atoms with van der Waals surface area (Å²) in [6, 6.07) is 2.90. The molecule has 18 rings (SSSR count). The Hall–Kier alpha value is -10.0. The highest BCUT2D eigenvalue weighted by atomic mass is 16.7. The van der Waals surface area contributed by atoms with Crippen molar-refractivity contribution in [3.05, 3.63) is 65.7 Å². The Bertz CT molecular complexity index is 4320. The lowest BCUT2D eigenvalue weighted by molar-refractivity contribution is -0.138. The smallest absolute Gasteiger partial charge is 0.480 e. The number of nitrogens with one attached hydrogen (secondary N) is 12. The summed E-state index contributed by atoms with van der Waals surface area (Å²) in [6.45, 7) is 10.3. The van der Waals surface area contributed by atoms with Gasteiger partial charge in [0.05, 0.1) is 6.10 Å². The third-order valence-corrected chi connectivity index (χ3v) is 31.0. The first-order chi connectivity index (χ1) is 63.6. The predicted molar refractivity (Wildman–Crippen MR) is 485 cm³/mol. The number of ether oxygens (including phenoxy) is 6. The Morgan fingerprint density at radius 3 is 1.02 bits per heavy atom. The van der Waals surface area contributed by atoms with Crippen molar-refractivity contribution in [3.8, 4) is 5.75 Å². The summed E-state index contributed by atoms with van der Waals surface area (Å²) in [5.41, 5.74) is 0.0499. The molecule has 16 saturated carbocycles. The molecule has 2 aromatic carbocycles. The largest absolute Gasteiger partial charge is 0.514 e. The van der Waals surface area contributed by atoms with Crippen molar-refractivity contribution >= 4 is 83.8 Å². The lowest BCUT2D eigenvalue weighted by Gasteiger charge is -2.53. The monoisotopic (exact) mass is 1850 g/mol. The number of carboxylic acid groups (broad SMARTS) is 1. The van der Waals surface area contributed by atoms with Gasteiger partial charge in [-0.3, -0.25) is 43.2 Å². The number of carbonyl (C=O) groups is 14. The van der Waals surface area contributed by atoms with E-state index in [4.69, 9.17) is 28.4 Å². The third kappa shape index (κ3) is 27.2. The average molecular weight is 1850 g/mol. The summed E-state index contributed by atoms with van der Waals surface area (Å²) in [5, 5.41) is 53.5. The molecule has 34 heteroatoms. The van der Waals surface area contributed by atoms with E-state index in [1.165, 1.54) is 51.7 Å². The number of aliphatic carboxylic acids is 1. The first kappa shape index (κ1) is 99.0. The predicted octanol–water partition coefficient (Wildman–Crippen LogP) is 9.52. The number of rotatable bonds is 44. The summed E-state index contributed by atoms with van der Waals surface area (Å²) < 4.78 is 35.4. The van der Waals surface area contributed by atoms with Crippen LogP contribution in [-0.2, 0) is 79.7 Å². The highest BCUT2D eigenvalue weighted by Gasteiger charge is 2.55. The van der Waals surface area contributed by atoms with Gasteiger partial charge in [0.1, 0.15) is 90.6 Å². The van der Waals surface area contributed by atoms with E-state index in [-0.39, 0.29) is 126 Å². The van der Waals surface area contributed by atoms with E-state index < -0.39 is 156 Å². The number of carboxylic acids is 1. The zero-order chi connectivity index (χ0) is 94.5. The van der Waals surface area contributed by atoms with Crippen molar-refractivity contribution in [2.75, 3.05) is 26.2 Å². The molecule has 12 amide bonds. The van der Waals surface area contributed by atoms with Crippen LogP contribution in [0.4, 0.5) is 24.0 Å². The fourth-order valence-electron chi connectivity index (χ4n) is 25.6. The highest BCUT2D eigenvalue weighted by Crippen LogP contribution is 2.58. The second kappa shape index (κ2) is 45.1. The first-order valence-corrected chi connectivity index (χ1v) is 49.8. The molecular weight excluding hydrogens is 1710 g/mol. The van der Waals surface area contributed by atoms with E-state index in [1.807, 2.05) is 0 Å². The van der Waals surface area contributed by atoms with Crippen LogP contribution < -0.4 is 68.5 Å². The molecule has 14 N–H and O–H groups in total. The molecule has 0 aromatic heterocycles. The normalized spacial score (nSPS) is 29.8. The topological polar surface area (TPSA) is 479 Å². The van der Waals surface area contributed by atoms with E-state index in [0.29, 0.717) is 100 Å². The molecule has 133 heavy (non-hydrogen) atoms. The van der Waals surface area contributed by atoms with E-state index in [0.717, 1.165) is 103 Å². The van der Waals surface area contributed by atoms with Gasteiger partial charge >= 0.3 is 36.5 Å². The van der Waals surface area contributed by atoms with Gasteiger partial charge in [0.25, 0.3) is 0 Å². The van der Waals surface area contributed by atoms with Crippen molar-refractivity contribution in [2.24, 2.45) is 101 Å². The van der Waals surface area contributed by atoms with Crippen LogP contribution in [-0.4, -0.2) is 205 Å². The zero-order valence-corrected chi connectivity index (χ0v) is 78.3. The van der Waals surface area contributed by atoms with Crippen LogP contribution in [0.15, 0.2) is 54.6 Å². The number of hydrogen-bond acceptors (Lipinski definition) is 21. The molecule has 16 fully saturated rings. The Morgan fingerprint density at radius 1 is 0.346 bits per heavy atom. The number of hydrogen-bond donors (Lipinski definition) is 14. The highest BCUT2D eigenvalue weighted by molar-refractivity contribution is 5.98. The summed E-state index contributed by atoms with van der Waals surface area (Å²) in [4.78, 5) is 198. The molecule has 0 unspecified atom stereocenters. The molecule has 16 bridgehead atoms. The van der Waals surface area contributed by atoms with Crippen molar-refractivity contribution in [1.82, 2.24) is 63.8 Å². The molecule has 0 radical (unpaired) electrons. The van der Waals surface area contributed by atoms with Crippen LogP contribution in [0.2, 0.25) is 0 Å². The van der Waals surface area contributed by atoms with E-state index >= 15 is 19.2 Å². The van der Waals surface area contributed by atoms with Gasteiger partial charge in [0, 0.05) is 32.5 Å². The summed E-state index contributed by atoms with van der Waals surface area (Å²) >= 11 is 0. The van der Waals surface area contributed by atoms with E-state index in [1.54, 1.807) is 77.1 Å². The molecular formula is C99H144N12O22. The molecule has 34 nitrogen and oxygen atoms in total. The Morgan fingerprint density at radius 2 is 0.669 bits per heavy atom. The maximum absolute atomic E-state index is 15.8. The number of benzene rings is 2. The minimum absolute atomic E-state index is 0.0637.